The standard InChI is InChI=1S/C12H20O3/c1-2-10(12(14)15)11(13)8-9-6-4-3-5-7-9/h8,10-11,13H,2-7H2,1H3,(H,14,15). The van der Waals surface area contributed by atoms with E-state index in [9.17, 15) is 9.90 Å². The highest BCUT2D eigenvalue weighted by atomic mass is 16.4. The largest absolute Gasteiger partial charge is 0.481 e. The summed E-state index contributed by atoms with van der Waals surface area (Å²) in [6.45, 7) is 1.79. The molecule has 0 aliphatic heterocycles. The molecular formula is C12H20O3. The molecule has 0 heterocycles. The van der Waals surface area contributed by atoms with Gasteiger partial charge in [0.05, 0.1) is 12.0 Å². The maximum atomic E-state index is 10.8. The lowest BCUT2D eigenvalue weighted by molar-refractivity contribution is -0.144. The molecule has 15 heavy (non-hydrogen) atoms. The predicted molar refractivity (Wildman–Crippen MR) is 58.6 cm³/mol. The third-order valence-electron chi connectivity index (χ3n) is 3.07. The summed E-state index contributed by atoms with van der Waals surface area (Å²) in [7, 11) is 0. The van der Waals surface area contributed by atoms with Gasteiger partial charge in [-0.15, -0.1) is 0 Å². The van der Waals surface area contributed by atoms with Crippen LogP contribution in [0.1, 0.15) is 45.4 Å². The van der Waals surface area contributed by atoms with Crippen molar-refractivity contribution in [1.29, 1.82) is 0 Å². The van der Waals surface area contributed by atoms with Crippen molar-refractivity contribution in [1.82, 2.24) is 0 Å². The molecule has 1 aliphatic carbocycles. The van der Waals surface area contributed by atoms with E-state index >= 15 is 0 Å². The third-order valence-corrected chi connectivity index (χ3v) is 3.07. The van der Waals surface area contributed by atoms with Crippen molar-refractivity contribution >= 4 is 5.97 Å². The van der Waals surface area contributed by atoms with Crippen LogP contribution in [0.25, 0.3) is 0 Å². The van der Waals surface area contributed by atoms with Crippen molar-refractivity contribution in [3.63, 3.8) is 0 Å². The molecule has 0 radical (unpaired) electrons. The van der Waals surface area contributed by atoms with Crippen LogP contribution in [-0.4, -0.2) is 22.3 Å². The molecule has 1 saturated carbocycles. The van der Waals surface area contributed by atoms with E-state index in [1.54, 1.807) is 13.0 Å². The molecule has 0 aromatic rings. The smallest absolute Gasteiger partial charge is 0.309 e. The van der Waals surface area contributed by atoms with Crippen LogP contribution in [0.3, 0.4) is 0 Å². The van der Waals surface area contributed by atoms with Gasteiger partial charge in [-0.2, -0.15) is 0 Å². The van der Waals surface area contributed by atoms with E-state index in [1.807, 2.05) is 0 Å². The molecule has 0 bridgehead atoms. The Labute approximate surface area is 90.8 Å². The van der Waals surface area contributed by atoms with Crippen LogP contribution in [0, 0.1) is 5.92 Å². The molecule has 3 heteroatoms. The van der Waals surface area contributed by atoms with E-state index in [-0.39, 0.29) is 0 Å². The normalized spacial score (nSPS) is 20.8. The molecule has 0 spiro atoms. The van der Waals surface area contributed by atoms with E-state index in [2.05, 4.69) is 0 Å². The number of carboxylic acids is 1. The minimum Gasteiger partial charge on any atom is -0.481 e. The number of aliphatic carboxylic acids is 1. The van der Waals surface area contributed by atoms with Gasteiger partial charge in [-0.05, 0) is 32.1 Å². The maximum absolute atomic E-state index is 10.8. The average Bonchev–Trinajstić information content (AvgIpc) is 2.19. The molecule has 2 unspecified atom stereocenters. The fourth-order valence-electron chi connectivity index (χ4n) is 2.09. The molecule has 0 saturated heterocycles. The Morgan fingerprint density at radius 1 is 1.40 bits per heavy atom. The van der Waals surface area contributed by atoms with Crippen LogP contribution in [0.5, 0.6) is 0 Å². The summed E-state index contributed by atoms with van der Waals surface area (Å²) in [5.41, 5.74) is 1.23. The van der Waals surface area contributed by atoms with E-state index in [0.717, 1.165) is 12.8 Å². The first-order chi connectivity index (χ1) is 7.15. The van der Waals surface area contributed by atoms with Gasteiger partial charge in [0, 0.05) is 0 Å². The summed E-state index contributed by atoms with van der Waals surface area (Å²) in [6.07, 6.45) is 7.05. The van der Waals surface area contributed by atoms with Gasteiger partial charge in [-0.25, -0.2) is 0 Å². The zero-order chi connectivity index (χ0) is 11.3. The van der Waals surface area contributed by atoms with Crippen LogP contribution >= 0.6 is 0 Å². The molecule has 1 fully saturated rings. The molecule has 0 aromatic carbocycles. The Hall–Kier alpha value is -0.830. The zero-order valence-electron chi connectivity index (χ0n) is 9.28. The van der Waals surface area contributed by atoms with Crippen molar-refractivity contribution in [2.75, 3.05) is 0 Å². The second-order valence-corrected chi connectivity index (χ2v) is 4.23. The summed E-state index contributed by atoms with van der Waals surface area (Å²) in [5, 5.41) is 18.7. The van der Waals surface area contributed by atoms with Crippen molar-refractivity contribution in [3.05, 3.63) is 11.6 Å². The Morgan fingerprint density at radius 2 is 2.00 bits per heavy atom. The monoisotopic (exact) mass is 212 g/mol. The van der Waals surface area contributed by atoms with Gasteiger partial charge in [0.2, 0.25) is 0 Å². The molecule has 0 amide bonds. The summed E-state index contributed by atoms with van der Waals surface area (Å²) in [4.78, 5) is 10.8. The summed E-state index contributed by atoms with van der Waals surface area (Å²) in [6, 6.07) is 0. The number of hydrogen-bond donors (Lipinski definition) is 2. The van der Waals surface area contributed by atoms with Crippen molar-refractivity contribution in [2.24, 2.45) is 5.92 Å². The molecular weight excluding hydrogens is 192 g/mol. The van der Waals surface area contributed by atoms with Gasteiger partial charge in [0.1, 0.15) is 0 Å². The van der Waals surface area contributed by atoms with Gasteiger partial charge in [0.25, 0.3) is 0 Å². The summed E-state index contributed by atoms with van der Waals surface area (Å²) < 4.78 is 0. The van der Waals surface area contributed by atoms with Crippen molar-refractivity contribution in [3.8, 4) is 0 Å². The van der Waals surface area contributed by atoms with Crippen molar-refractivity contribution < 1.29 is 15.0 Å². The van der Waals surface area contributed by atoms with E-state index in [0.29, 0.717) is 6.42 Å². The number of allylic oxidation sites excluding steroid dienone is 1. The highest BCUT2D eigenvalue weighted by Gasteiger charge is 2.23. The number of hydrogen-bond acceptors (Lipinski definition) is 2. The Balaban J connectivity index is 2.58. The van der Waals surface area contributed by atoms with Crippen LogP contribution in [0.4, 0.5) is 0 Å². The first-order valence-corrected chi connectivity index (χ1v) is 5.75. The molecule has 86 valence electrons. The lowest BCUT2D eigenvalue weighted by Crippen LogP contribution is -2.26. The molecule has 0 aromatic heterocycles. The third kappa shape index (κ3) is 3.67. The first-order valence-electron chi connectivity index (χ1n) is 5.75. The lowest BCUT2D eigenvalue weighted by Gasteiger charge is -2.18. The second-order valence-electron chi connectivity index (χ2n) is 4.23. The highest BCUT2D eigenvalue weighted by Crippen LogP contribution is 2.24. The number of rotatable bonds is 4. The number of aliphatic hydroxyl groups is 1. The predicted octanol–water partition coefficient (Wildman–Crippen LogP) is 2.35. The quantitative estimate of drug-likeness (QED) is 0.703. The SMILES string of the molecule is CCC(C(=O)O)C(O)C=C1CCCCC1. The van der Waals surface area contributed by atoms with E-state index in [1.165, 1.54) is 24.8 Å². The molecule has 3 nitrogen and oxygen atoms in total. The number of carbonyl (C=O) groups is 1. The van der Waals surface area contributed by atoms with Gasteiger partial charge in [-0.3, -0.25) is 4.79 Å². The minimum atomic E-state index is -0.905. The van der Waals surface area contributed by atoms with E-state index < -0.39 is 18.0 Å². The van der Waals surface area contributed by atoms with Crippen molar-refractivity contribution in [2.45, 2.75) is 51.6 Å². The fourth-order valence-corrected chi connectivity index (χ4v) is 2.09. The topological polar surface area (TPSA) is 57.5 Å². The summed E-state index contributed by atoms with van der Waals surface area (Å²) in [5.74, 6) is -1.56. The Bertz CT molecular complexity index is 237. The van der Waals surface area contributed by atoms with Crippen LogP contribution in [0.15, 0.2) is 11.6 Å². The van der Waals surface area contributed by atoms with Crippen LogP contribution < -0.4 is 0 Å². The Morgan fingerprint density at radius 3 is 2.47 bits per heavy atom. The maximum Gasteiger partial charge on any atom is 0.309 e. The van der Waals surface area contributed by atoms with Crippen LogP contribution in [0.2, 0.25) is 0 Å². The fraction of sp³-hybridized carbons (Fsp3) is 0.750. The number of carboxylic acid groups (broad SMARTS) is 1. The van der Waals surface area contributed by atoms with Gasteiger partial charge in [0.15, 0.2) is 0 Å². The Kier molecular flexibility index (Phi) is 4.82. The molecule has 1 aliphatic rings. The molecule has 2 atom stereocenters. The minimum absolute atomic E-state index is 0.472. The van der Waals surface area contributed by atoms with Gasteiger partial charge in [-0.1, -0.05) is 25.0 Å². The van der Waals surface area contributed by atoms with Gasteiger partial charge < -0.3 is 10.2 Å². The molecule has 2 N–H and O–H groups in total. The summed E-state index contributed by atoms with van der Waals surface area (Å²) >= 11 is 0. The lowest BCUT2D eigenvalue weighted by atomic mass is 9.90. The average molecular weight is 212 g/mol. The zero-order valence-corrected chi connectivity index (χ0v) is 9.28. The van der Waals surface area contributed by atoms with E-state index in [4.69, 9.17) is 5.11 Å². The number of aliphatic hydroxyl groups excluding tert-OH is 1. The highest BCUT2D eigenvalue weighted by molar-refractivity contribution is 5.71. The van der Waals surface area contributed by atoms with Gasteiger partial charge >= 0.3 is 5.97 Å². The first kappa shape index (κ1) is 12.2. The molecule has 1 rings (SSSR count). The van der Waals surface area contributed by atoms with Crippen LogP contribution in [-0.2, 0) is 4.79 Å². The second kappa shape index (κ2) is 5.91.